The molecule has 1 heterocycles. The fourth-order valence-electron chi connectivity index (χ4n) is 3.32. The first kappa shape index (κ1) is 16.7. The van der Waals surface area contributed by atoms with E-state index in [2.05, 4.69) is 43.0 Å². The Morgan fingerprint density at radius 2 is 1.71 bits per heavy atom. The molecule has 1 unspecified atom stereocenters. The van der Waals surface area contributed by atoms with Gasteiger partial charge in [-0.3, -0.25) is 14.5 Å². The zero-order chi connectivity index (χ0) is 17.1. The van der Waals surface area contributed by atoms with E-state index in [9.17, 15) is 4.79 Å². The fraction of sp³-hybridized carbons (Fsp3) is 0.350. The molecule has 1 aliphatic heterocycles. The minimum atomic E-state index is -0.113. The number of carbonyl (C=O) groups is 1. The van der Waals surface area contributed by atoms with Crippen LogP contribution in [0.2, 0.25) is 0 Å². The van der Waals surface area contributed by atoms with Crippen LogP contribution in [0.25, 0.3) is 0 Å². The first-order valence-electron chi connectivity index (χ1n) is 8.37. The molecular formula is C20H24N2O2. The van der Waals surface area contributed by atoms with Crippen molar-refractivity contribution in [1.29, 1.82) is 0 Å². The number of hydrogen-bond donors (Lipinski definition) is 0. The summed E-state index contributed by atoms with van der Waals surface area (Å²) in [5, 5.41) is 1.52. The highest BCUT2D eigenvalue weighted by Gasteiger charge is 2.35. The van der Waals surface area contributed by atoms with Gasteiger partial charge in [0.1, 0.15) is 6.17 Å². The van der Waals surface area contributed by atoms with Crippen molar-refractivity contribution in [3.63, 3.8) is 0 Å². The first-order valence-corrected chi connectivity index (χ1v) is 8.37. The molecule has 0 bridgehead atoms. The number of benzene rings is 2. The summed E-state index contributed by atoms with van der Waals surface area (Å²) in [4.78, 5) is 20.8. The predicted octanol–water partition coefficient (Wildman–Crippen LogP) is 3.48. The lowest BCUT2D eigenvalue weighted by Crippen LogP contribution is -2.55. The number of hydroxylamine groups is 2. The van der Waals surface area contributed by atoms with Crippen LogP contribution in [-0.2, 0) is 17.8 Å². The van der Waals surface area contributed by atoms with Gasteiger partial charge in [-0.2, -0.15) is 5.06 Å². The predicted molar refractivity (Wildman–Crippen MR) is 94.2 cm³/mol. The van der Waals surface area contributed by atoms with Crippen molar-refractivity contribution in [2.24, 2.45) is 0 Å². The van der Waals surface area contributed by atoms with Gasteiger partial charge in [0.05, 0.1) is 7.11 Å². The first-order chi connectivity index (χ1) is 11.6. The lowest BCUT2D eigenvalue weighted by molar-refractivity contribution is -0.171. The van der Waals surface area contributed by atoms with Crippen molar-refractivity contribution >= 4 is 5.91 Å². The number of rotatable bonds is 4. The third-order valence-electron chi connectivity index (χ3n) is 4.61. The van der Waals surface area contributed by atoms with Gasteiger partial charge in [-0.05, 0) is 37.1 Å². The summed E-state index contributed by atoms with van der Waals surface area (Å²) in [6.45, 7) is 5.13. The van der Waals surface area contributed by atoms with Crippen LogP contribution in [0.1, 0.15) is 35.3 Å². The van der Waals surface area contributed by atoms with E-state index in [1.165, 1.54) is 16.2 Å². The van der Waals surface area contributed by atoms with Crippen LogP contribution in [0.3, 0.4) is 0 Å². The molecule has 0 fully saturated rings. The van der Waals surface area contributed by atoms with E-state index in [-0.39, 0.29) is 12.1 Å². The fourth-order valence-corrected chi connectivity index (χ4v) is 3.32. The number of amides is 1. The number of carbonyl (C=O) groups excluding carboxylic acids is 1. The lowest BCUT2D eigenvalue weighted by atomic mass is 9.96. The summed E-state index contributed by atoms with van der Waals surface area (Å²) in [7, 11) is 1.57. The van der Waals surface area contributed by atoms with E-state index < -0.39 is 0 Å². The van der Waals surface area contributed by atoms with Gasteiger partial charge in [-0.25, -0.2) is 0 Å². The molecule has 24 heavy (non-hydrogen) atoms. The summed E-state index contributed by atoms with van der Waals surface area (Å²) in [5.74, 6) is -0.104. The van der Waals surface area contributed by atoms with Gasteiger partial charge in [-0.15, -0.1) is 0 Å². The highest BCUT2D eigenvalue weighted by Crippen LogP contribution is 2.28. The topological polar surface area (TPSA) is 32.8 Å². The molecule has 1 amide bonds. The van der Waals surface area contributed by atoms with E-state index in [1.807, 2.05) is 30.3 Å². The Morgan fingerprint density at radius 3 is 2.33 bits per heavy atom. The van der Waals surface area contributed by atoms with Crippen molar-refractivity contribution in [2.75, 3.05) is 7.11 Å². The van der Waals surface area contributed by atoms with Gasteiger partial charge < -0.3 is 0 Å². The lowest BCUT2D eigenvalue weighted by Gasteiger charge is -2.43. The standard InChI is InChI=1S/C20H24N2O2/c1-15(2)21-14-18-12-8-7-11-17(18)13-19(21)22(24-3)20(23)16-9-5-4-6-10-16/h4-12,15,19H,13-14H2,1-3H3. The van der Waals surface area contributed by atoms with E-state index in [0.29, 0.717) is 11.6 Å². The molecule has 0 aromatic heterocycles. The molecule has 0 N–H and O–H groups in total. The molecule has 3 rings (SSSR count). The van der Waals surface area contributed by atoms with Gasteiger partial charge in [-0.1, -0.05) is 42.5 Å². The maximum atomic E-state index is 12.9. The highest BCUT2D eigenvalue weighted by atomic mass is 16.7. The van der Waals surface area contributed by atoms with Gasteiger partial charge in [0.2, 0.25) is 0 Å². The normalized spacial score (nSPS) is 17.6. The summed E-state index contributed by atoms with van der Waals surface area (Å²) in [5.41, 5.74) is 3.25. The summed E-state index contributed by atoms with van der Waals surface area (Å²) in [6.07, 6.45) is 0.651. The van der Waals surface area contributed by atoms with Crippen LogP contribution >= 0.6 is 0 Å². The molecule has 0 saturated heterocycles. The van der Waals surface area contributed by atoms with Crippen molar-refractivity contribution in [1.82, 2.24) is 9.96 Å². The zero-order valence-electron chi connectivity index (χ0n) is 14.5. The minimum Gasteiger partial charge on any atom is -0.274 e. The van der Waals surface area contributed by atoms with Gasteiger partial charge >= 0.3 is 0 Å². The van der Waals surface area contributed by atoms with Crippen molar-refractivity contribution in [2.45, 2.75) is 39.0 Å². The van der Waals surface area contributed by atoms with E-state index in [1.54, 1.807) is 7.11 Å². The van der Waals surface area contributed by atoms with Crippen LogP contribution in [0.4, 0.5) is 0 Å². The molecule has 1 atom stereocenters. The Kier molecular flexibility index (Phi) is 4.97. The van der Waals surface area contributed by atoms with Crippen molar-refractivity contribution < 1.29 is 9.63 Å². The molecule has 4 heteroatoms. The monoisotopic (exact) mass is 324 g/mol. The van der Waals surface area contributed by atoms with Crippen LogP contribution in [-0.4, -0.2) is 35.2 Å². The smallest absolute Gasteiger partial charge is 0.274 e. The maximum Gasteiger partial charge on any atom is 0.278 e. The molecule has 4 nitrogen and oxygen atoms in total. The van der Waals surface area contributed by atoms with E-state index >= 15 is 0 Å². The highest BCUT2D eigenvalue weighted by molar-refractivity contribution is 5.93. The maximum absolute atomic E-state index is 12.9. The van der Waals surface area contributed by atoms with E-state index in [4.69, 9.17) is 4.84 Å². The molecule has 1 aliphatic rings. The molecule has 0 aliphatic carbocycles. The van der Waals surface area contributed by atoms with Crippen LogP contribution in [0.15, 0.2) is 54.6 Å². The summed E-state index contributed by atoms with van der Waals surface area (Å²) < 4.78 is 0. The Labute approximate surface area is 143 Å². The Morgan fingerprint density at radius 1 is 1.08 bits per heavy atom. The molecule has 2 aromatic carbocycles. The summed E-state index contributed by atoms with van der Waals surface area (Å²) in [6, 6.07) is 18.0. The molecule has 0 spiro atoms. The van der Waals surface area contributed by atoms with E-state index in [0.717, 1.165) is 13.0 Å². The Balaban J connectivity index is 1.93. The third kappa shape index (κ3) is 3.21. The molecular weight excluding hydrogens is 300 g/mol. The Bertz CT molecular complexity index is 700. The minimum absolute atomic E-state index is 0.104. The third-order valence-corrected chi connectivity index (χ3v) is 4.61. The molecule has 0 radical (unpaired) electrons. The average Bonchev–Trinajstić information content (AvgIpc) is 2.62. The zero-order valence-corrected chi connectivity index (χ0v) is 14.5. The van der Waals surface area contributed by atoms with Gasteiger partial charge in [0.15, 0.2) is 0 Å². The Hall–Kier alpha value is -2.17. The number of hydrogen-bond acceptors (Lipinski definition) is 3. The average molecular weight is 324 g/mol. The second kappa shape index (κ2) is 7.16. The quantitative estimate of drug-likeness (QED) is 0.807. The summed E-state index contributed by atoms with van der Waals surface area (Å²) >= 11 is 0. The molecule has 2 aromatic rings. The largest absolute Gasteiger partial charge is 0.278 e. The van der Waals surface area contributed by atoms with Crippen LogP contribution < -0.4 is 0 Å². The second-order valence-corrected chi connectivity index (χ2v) is 6.40. The molecule has 0 saturated carbocycles. The van der Waals surface area contributed by atoms with Gasteiger partial charge in [0.25, 0.3) is 5.91 Å². The van der Waals surface area contributed by atoms with Crippen molar-refractivity contribution in [3.8, 4) is 0 Å². The molecule has 126 valence electrons. The number of fused-ring (bicyclic) bond motifs is 1. The van der Waals surface area contributed by atoms with Gasteiger partial charge in [0, 0.05) is 24.6 Å². The number of nitrogens with zero attached hydrogens (tertiary/aromatic N) is 2. The van der Waals surface area contributed by atoms with Crippen LogP contribution in [0.5, 0.6) is 0 Å². The second-order valence-electron chi connectivity index (χ2n) is 6.40. The van der Waals surface area contributed by atoms with Crippen molar-refractivity contribution in [3.05, 3.63) is 71.3 Å². The SMILES string of the molecule is CON(C(=O)c1ccccc1)C1Cc2ccccc2CN1C(C)C. The van der Waals surface area contributed by atoms with Crippen LogP contribution in [0, 0.1) is 0 Å².